The van der Waals surface area contributed by atoms with Gasteiger partial charge in [-0.1, -0.05) is 0 Å². The average Bonchev–Trinajstić information content (AvgIpc) is 3.28. The highest BCUT2D eigenvalue weighted by atomic mass is 19.4. The van der Waals surface area contributed by atoms with Crippen LogP contribution < -0.4 is 10.6 Å². The van der Waals surface area contributed by atoms with E-state index in [9.17, 15) is 26.7 Å². The van der Waals surface area contributed by atoms with Gasteiger partial charge < -0.3 is 10.1 Å². The number of benzene rings is 1. The fraction of sp³-hybridized carbons (Fsp3) is 0.316. The maximum Gasteiger partial charge on any atom is 0.430 e. The van der Waals surface area contributed by atoms with Crippen molar-refractivity contribution in [3.63, 3.8) is 0 Å². The zero-order valence-corrected chi connectivity index (χ0v) is 15.6. The average molecular weight is 439 g/mol. The molecule has 0 radical (unpaired) electrons. The number of aromatic nitrogens is 3. The summed E-state index contributed by atoms with van der Waals surface area (Å²) in [7, 11) is 0. The molecule has 2 N–H and O–H groups in total. The Labute approximate surface area is 171 Å². The number of halogens is 5. The third kappa shape index (κ3) is 3.17. The minimum absolute atomic E-state index is 0.0101. The molecular weight excluding hydrogens is 425 g/mol. The first-order valence-electron chi connectivity index (χ1n) is 9.30. The lowest BCUT2D eigenvalue weighted by Crippen LogP contribution is -2.34. The molecule has 1 fully saturated rings. The first-order valence-corrected chi connectivity index (χ1v) is 9.30. The standard InChI is InChI=1S/C19H14F5N5O2/c20-8-1-2-9-12(5-8)29(13-7-25-6-11(13)21)28-15(9)10-3-4-26-17-14(10)16(19(22,23)24)31-18(30)27-17/h1-5,11,13,16,25H,6-7H2,(H,26,27,30)/t11-,13+,16+/m0/s1. The van der Waals surface area contributed by atoms with Crippen LogP contribution in [-0.2, 0) is 4.74 Å². The summed E-state index contributed by atoms with van der Waals surface area (Å²) >= 11 is 0. The third-order valence-electron chi connectivity index (χ3n) is 5.34. The number of alkyl halides is 4. The lowest BCUT2D eigenvalue weighted by molar-refractivity contribution is -0.206. The molecule has 1 aromatic carbocycles. The van der Waals surface area contributed by atoms with E-state index < -0.39 is 42.0 Å². The molecule has 0 aliphatic carbocycles. The summed E-state index contributed by atoms with van der Waals surface area (Å²) in [5.74, 6) is -0.908. The molecule has 162 valence electrons. The molecule has 31 heavy (non-hydrogen) atoms. The number of pyridine rings is 1. The van der Waals surface area contributed by atoms with E-state index >= 15 is 0 Å². The quantitative estimate of drug-likeness (QED) is 0.593. The molecule has 12 heteroatoms. The summed E-state index contributed by atoms with van der Waals surface area (Å²) in [6.45, 7) is 0.310. The summed E-state index contributed by atoms with van der Waals surface area (Å²) < 4.78 is 75.3. The Bertz CT molecular complexity index is 1190. The van der Waals surface area contributed by atoms with Gasteiger partial charge in [-0.3, -0.25) is 10.00 Å². The summed E-state index contributed by atoms with van der Waals surface area (Å²) in [5, 5.41) is 9.75. The summed E-state index contributed by atoms with van der Waals surface area (Å²) in [4.78, 5) is 15.4. The first kappa shape index (κ1) is 19.7. The minimum Gasteiger partial charge on any atom is -0.431 e. The van der Waals surface area contributed by atoms with Crippen molar-refractivity contribution in [2.24, 2.45) is 0 Å². The Morgan fingerprint density at radius 2 is 2.00 bits per heavy atom. The van der Waals surface area contributed by atoms with Crippen LogP contribution >= 0.6 is 0 Å². The van der Waals surface area contributed by atoms with Crippen molar-refractivity contribution in [2.75, 3.05) is 18.4 Å². The molecule has 0 spiro atoms. The van der Waals surface area contributed by atoms with Crippen LogP contribution in [0.2, 0.25) is 0 Å². The number of fused-ring (bicyclic) bond motifs is 2. The van der Waals surface area contributed by atoms with Crippen molar-refractivity contribution in [3.05, 3.63) is 41.8 Å². The third-order valence-corrected chi connectivity index (χ3v) is 5.34. The van der Waals surface area contributed by atoms with Crippen LogP contribution in [0.4, 0.5) is 32.6 Å². The number of cyclic esters (lactones) is 1. The van der Waals surface area contributed by atoms with Crippen molar-refractivity contribution >= 4 is 22.8 Å². The van der Waals surface area contributed by atoms with Crippen LogP contribution in [0.5, 0.6) is 0 Å². The van der Waals surface area contributed by atoms with Gasteiger partial charge in [0.1, 0.15) is 23.5 Å². The van der Waals surface area contributed by atoms with Gasteiger partial charge >= 0.3 is 12.3 Å². The molecule has 0 saturated carbocycles. The van der Waals surface area contributed by atoms with Crippen LogP contribution in [0.1, 0.15) is 17.7 Å². The monoisotopic (exact) mass is 439 g/mol. The van der Waals surface area contributed by atoms with E-state index in [1.807, 2.05) is 0 Å². The number of ether oxygens (including phenoxy) is 1. The maximum absolute atomic E-state index is 14.4. The van der Waals surface area contributed by atoms with Gasteiger partial charge in [-0.2, -0.15) is 18.3 Å². The first-order chi connectivity index (χ1) is 14.7. The Morgan fingerprint density at radius 1 is 1.19 bits per heavy atom. The van der Waals surface area contributed by atoms with Crippen molar-refractivity contribution < 1.29 is 31.5 Å². The smallest absolute Gasteiger partial charge is 0.430 e. The Hall–Kier alpha value is -3.28. The SMILES string of the molecule is O=C1Nc2nccc(-c3nn([C@@H]4CNC[C@@H]4F)c4cc(F)ccc34)c2[C@H](C(F)(F)F)O1. The minimum atomic E-state index is -4.91. The molecule has 0 bridgehead atoms. The molecule has 1 amide bonds. The van der Waals surface area contributed by atoms with Crippen molar-refractivity contribution in [3.8, 4) is 11.3 Å². The van der Waals surface area contributed by atoms with Gasteiger partial charge in [-0.05, 0) is 24.3 Å². The number of hydrogen-bond donors (Lipinski definition) is 2. The zero-order chi connectivity index (χ0) is 21.9. The number of carbonyl (C=O) groups excluding carboxylic acids is 1. The molecule has 7 nitrogen and oxygen atoms in total. The predicted octanol–water partition coefficient (Wildman–Crippen LogP) is 3.89. The van der Waals surface area contributed by atoms with E-state index in [-0.39, 0.29) is 35.7 Å². The van der Waals surface area contributed by atoms with Gasteiger partial charge in [0.05, 0.1) is 17.1 Å². The van der Waals surface area contributed by atoms with Gasteiger partial charge in [0.25, 0.3) is 0 Å². The lowest BCUT2D eigenvalue weighted by Gasteiger charge is -2.28. The molecule has 5 rings (SSSR count). The van der Waals surface area contributed by atoms with Gasteiger partial charge in [0.15, 0.2) is 0 Å². The second-order valence-electron chi connectivity index (χ2n) is 7.27. The fourth-order valence-electron chi connectivity index (χ4n) is 4.00. The summed E-state index contributed by atoms with van der Waals surface area (Å²) in [6.07, 6.45) is -8.85. The molecule has 2 aliphatic heterocycles. The van der Waals surface area contributed by atoms with Crippen molar-refractivity contribution in [1.29, 1.82) is 0 Å². The van der Waals surface area contributed by atoms with E-state index in [2.05, 4.69) is 25.5 Å². The van der Waals surface area contributed by atoms with Gasteiger partial charge in [0, 0.05) is 30.2 Å². The molecule has 2 aromatic heterocycles. The topological polar surface area (TPSA) is 81.1 Å². The van der Waals surface area contributed by atoms with Crippen LogP contribution in [0, 0.1) is 5.82 Å². The highest BCUT2D eigenvalue weighted by molar-refractivity contribution is 5.97. The molecule has 0 unspecified atom stereocenters. The van der Waals surface area contributed by atoms with E-state index in [0.29, 0.717) is 5.39 Å². The number of hydrogen-bond acceptors (Lipinski definition) is 5. The number of anilines is 1. The van der Waals surface area contributed by atoms with E-state index in [0.717, 1.165) is 12.1 Å². The number of carbonyl (C=O) groups is 1. The van der Waals surface area contributed by atoms with E-state index in [1.165, 1.54) is 23.0 Å². The lowest BCUT2D eigenvalue weighted by atomic mass is 9.97. The number of nitrogens with one attached hydrogen (secondary N) is 2. The maximum atomic E-state index is 14.4. The van der Waals surface area contributed by atoms with Crippen LogP contribution in [0.15, 0.2) is 30.5 Å². The van der Waals surface area contributed by atoms with Gasteiger partial charge in [-0.15, -0.1) is 0 Å². The van der Waals surface area contributed by atoms with Gasteiger partial charge in [0.2, 0.25) is 6.10 Å². The molecule has 1 saturated heterocycles. The van der Waals surface area contributed by atoms with E-state index in [4.69, 9.17) is 0 Å². The summed E-state index contributed by atoms with van der Waals surface area (Å²) in [6, 6.07) is 4.21. The second kappa shape index (κ2) is 6.87. The molecule has 4 heterocycles. The van der Waals surface area contributed by atoms with Gasteiger partial charge in [-0.25, -0.2) is 18.6 Å². The van der Waals surface area contributed by atoms with Crippen LogP contribution in [0.3, 0.4) is 0 Å². The Morgan fingerprint density at radius 3 is 2.71 bits per heavy atom. The Balaban J connectivity index is 1.77. The van der Waals surface area contributed by atoms with Crippen molar-refractivity contribution in [1.82, 2.24) is 20.1 Å². The highest BCUT2D eigenvalue weighted by Crippen LogP contribution is 2.46. The predicted molar refractivity (Wildman–Crippen MR) is 98.6 cm³/mol. The zero-order valence-electron chi connectivity index (χ0n) is 15.6. The molecular formula is C19H14F5N5O2. The highest BCUT2D eigenvalue weighted by Gasteiger charge is 2.49. The van der Waals surface area contributed by atoms with Crippen LogP contribution in [0.25, 0.3) is 22.2 Å². The Kier molecular flexibility index (Phi) is 4.36. The number of nitrogens with zero attached hydrogens (tertiary/aromatic N) is 3. The molecule has 2 aliphatic rings. The normalized spacial score (nSPS) is 23.5. The second-order valence-corrected chi connectivity index (χ2v) is 7.27. The fourth-order valence-corrected chi connectivity index (χ4v) is 4.00. The molecule has 3 aromatic rings. The summed E-state index contributed by atoms with van der Waals surface area (Å²) in [5.41, 5.74) is -0.126. The van der Waals surface area contributed by atoms with Crippen LogP contribution in [-0.4, -0.2) is 46.3 Å². The molecule has 3 atom stereocenters. The largest absolute Gasteiger partial charge is 0.431 e. The number of amides is 1. The van der Waals surface area contributed by atoms with E-state index in [1.54, 1.807) is 0 Å². The van der Waals surface area contributed by atoms with Crippen molar-refractivity contribution in [2.45, 2.75) is 24.5 Å². The number of rotatable bonds is 2.